The van der Waals surface area contributed by atoms with Gasteiger partial charge >= 0.3 is 6.18 Å². The topological polar surface area (TPSA) is 0 Å². The molecule has 0 aliphatic carbocycles. The molecule has 5 unspecified atom stereocenters. The lowest BCUT2D eigenvalue weighted by atomic mass is 10.1. The fourth-order valence-electron chi connectivity index (χ4n) is 0.806. The maximum atomic E-state index is 11.4. The number of halogens is 9. The molecule has 0 rings (SSSR count). The summed E-state index contributed by atoms with van der Waals surface area (Å²) in [7, 11) is 0. The van der Waals surface area contributed by atoms with Crippen LogP contribution in [-0.2, 0) is 0 Å². The van der Waals surface area contributed by atoms with Gasteiger partial charge < -0.3 is 0 Å². The Morgan fingerprint density at radius 1 is 0.422 bits per heavy atom. The molecule has 0 saturated carbocycles. The lowest BCUT2D eigenvalue weighted by molar-refractivity contribution is -0.170. The SMILES string of the molecule is C.CCC(C)C.CCC(C)C.CCC(C)C(F)(F)F.CCC(C)C(F)F.CCC(C)C(F)F.CCC(C)CF.CCC(C)CF. The molecule has 0 saturated heterocycles. The summed E-state index contributed by atoms with van der Waals surface area (Å²) >= 11 is 0. The molecule has 45 heavy (non-hydrogen) atoms. The molecule has 0 N–H and O–H groups in total. The molecular formula is C36H79F9. The molecule has 0 aromatic heterocycles. The number of hydrogen-bond donors (Lipinski definition) is 0. The van der Waals surface area contributed by atoms with Crippen LogP contribution in [-0.4, -0.2) is 32.4 Å². The highest BCUT2D eigenvalue weighted by atomic mass is 19.4. The second kappa shape index (κ2) is 45.5. The summed E-state index contributed by atoms with van der Waals surface area (Å²) < 4.78 is 103. The van der Waals surface area contributed by atoms with Crippen molar-refractivity contribution in [1.82, 2.24) is 0 Å². The summed E-state index contributed by atoms with van der Waals surface area (Å²) in [5.41, 5.74) is 0. The average Bonchev–Trinajstić information content (AvgIpc) is 2.99. The van der Waals surface area contributed by atoms with Gasteiger partial charge in [-0.3, -0.25) is 8.78 Å². The van der Waals surface area contributed by atoms with E-state index >= 15 is 0 Å². The van der Waals surface area contributed by atoms with Crippen LogP contribution in [0.2, 0.25) is 0 Å². The Labute approximate surface area is 276 Å². The van der Waals surface area contributed by atoms with Crippen molar-refractivity contribution in [1.29, 1.82) is 0 Å². The van der Waals surface area contributed by atoms with Crippen molar-refractivity contribution in [2.45, 2.75) is 182 Å². The molecule has 0 radical (unpaired) electrons. The fraction of sp³-hybridized carbons (Fsp3) is 1.00. The van der Waals surface area contributed by atoms with Crippen LogP contribution in [0, 0.1) is 41.4 Å². The van der Waals surface area contributed by atoms with Crippen LogP contribution >= 0.6 is 0 Å². The summed E-state index contributed by atoms with van der Waals surface area (Å²) in [6.45, 7) is 30.1. The van der Waals surface area contributed by atoms with Crippen LogP contribution in [0.25, 0.3) is 0 Å². The molecule has 0 fully saturated rings. The van der Waals surface area contributed by atoms with E-state index in [9.17, 15) is 39.5 Å². The van der Waals surface area contributed by atoms with Crippen molar-refractivity contribution in [3.63, 3.8) is 0 Å². The van der Waals surface area contributed by atoms with Crippen LogP contribution in [0.1, 0.15) is 163 Å². The molecule has 0 spiro atoms. The Kier molecular flexibility index (Phi) is 63.8. The Hall–Kier alpha value is -0.630. The Bertz CT molecular complexity index is 428. The predicted octanol–water partition coefficient (Wildman–Crippen LogP) is 15.9. The van der Waals surface area contributed by atoms with Gasteiger partial charge in [0.15, 0.2) is 0 Å². The predicted molar refractivity (Wildman–Crippen MR) is 184 cm³/mol. The first-order chi connectivity index (χ1) is 20.0. The van der Waals surface area contributed by atoms with E-state index in [1.807, 2.05) is 27.7 Å². The van der Waals surface area contributed by atoms with Gasteiger partial charge in [-0.2, -0.15) is 13.2 Å². The maximum absolute atomic E-state index is 11.4. The zero-order valence-corrected chi connectivity index (χ0v) is 31.5. The van der Waals surface area contributed by atoms with Gasteiger partial charge in [-0.15, -0.1) is 0 Å². The summed E-state index contributed by atoms with van der Waals surface area (Å²) in [4.78, 5) is 0. The number of hydrogen-bond acceptors (Lipinski definition) is 0. The third-order valence-corrected chi connectivity index (χ3v) is 6.87. The van der Waals surface area contributed by atoms with Crippen molar-refractivity contribution in [3.8, 4) is 0 Å². The summed E-state index contributed by atoms with van der Waals surface area (Å²) in [5, 5.41) is 0. The first-order valence-electron chi connectivity index (χ1n) is 16.7. The zero-order valence-electron chi connectivity index (χ0n) is 31.5. The standard InChI is InChI=1S/C5H9F3.2C5H10F2.2C5H11F.2C5H12.CH4/c1-3-4(2)5(6,7)8;2*1-3-4(2)5(6)7;2*1-3-5(2)4-6;2*1-4-5(2)3;/h4H,3H2,1-2H3;2*4-5H,3H2,1-2H3;2*5H,3-4H2,1-2H3;2*5H,4H2,1-3H3;1H4. The van der Waals surface area contributed by atoms with Gasteiger partial charge in [-0.25, -0.2) is 17.6 Å². The number of rotatable bonds is 11. The largest absolute Gasteiger partial charge is 0.391 e. The van der Waals surface area contributed by atoms with Crippen LogP contribution in [0.15, 0.2) is 0 Å². The normalized spacial score (nSPS) is 13.5. The molecule has 5 atom stereocenters. The molecule has 9 heteroatoms. The van der Waals surface area contributed by atoms with Gasteiger partial charge in [0.2, 0.25) is 12.9 Å². The highest BCUT2D eigenvalue weighted by molar-refractivity contribution is 4.58. The molecule has 0 aliphatic heterocycles. The molecule has 0 bridgehead atoms. The summed E-state index contributed by atoms with van der Waals surface area (Å²) in [6.07, 6.45) is -2.43. The van der Waals surface area contributed by atoms with Crippen molar-refractivity contribution < 1.29 is 39.5 Å². The van der Waals surface area contributed by atoms with E-state index in [4.69, 9.17) is 0 Å². The van der Waals surface area contributed by atoms with Crippen LogP contribution in [0.3, 0.4) is 0 Å². The molecule has 0 heterocycles. The fourth-order valence-corrected chi connectivity index (χ4v) is 0.806. The molecular weight excluding hydrogens is 603 g/mol. The van der Waals surface area contributed by atoms with E-state index in [0.717, 1.165) is 24.7 Å². The van der Waals surface area contributed by atoms with Gasteiger partial charge in [0, 0.05) is 11.8 Å². The van der Waals surface area contributed by atoms with Crippen LogP contribution in [0.4, 0.5) is 39.5 Å². The highest BCUT2D eigenvalue weighted by Gasteiger charge is 2.33. The smallest absolute Gasteiger partial charge is 0.251 e. The van der Waals surface area contributed by atoms with Crippen molar-refractivity contribution >= 4 is 0 Å². The first-order valence-corrected chi connectivity index (χ1v) is 16.7. The van der Waals surface area contributed by atoms with Crippen molar-refractivity contribution in [2.24, 2.45) is 41.4 Å². The van der Waals surface area contributed by atoms with E-state index in [1.54, 1.807) is 27.7 Å². The second-order valence-corrected chi connectivity index (χ2v) is 12.2. The lowest BCUT2D eigenvalue weighted by Gasteiger charge is -2.11. The first kappa shape index (κ1) is 63.1. The second-order valence-electron chi connectivity index (χ2n) is 12.2. The van der Waals surface area contributed by atoms with E-state index in [-0.39, 0.29) is 39.0 Å². The molecule has 0 nitrogen and oxygen atoms in total. The van der Waals surface area contributed by atoms with E-state index in [1.165, 1.54) is 26.7 Å². The van der Waals surface area contributed by atoms with E-state index in [0.29, 0.717) is 12.8 Å². The molecule has 286 valence electrons. The maximum Gasteiger partial charge on any atom is 0.391 e. The third-order valence-electron chi connectivity index (χ3n) is 6.87. The minimum absolute atomic E-state index is 0. The van der Waals surface area contributed by atoms with E-state index < -0.39 is 36.8 Å². The summed E-state index contributed by atoms with van der Waals surface area (Å²) in [5.74, 6) is 0.294. The molecule has 0 amide bonds. The van der Waals surface area contributed by atoms with Gasteiger partial charge in [0.25, 0.3) is 0 Å². The molecule has 0 aliphatic rings. The van der Waals surface area contributed by atoms with Crippen LogP contribution in [0.5, 0.6) is 0 Å². The monoisotopic (exact) mass is 683 g/mol. The lowest BCUT2D eigenvalue weighted by Crippen LogP contribution is -2.18. The average molecular weight is 683 g/mol. The molecule has 0 aromatic carbocycles. The van der Waals surface area contributed by atoms with Crippen molar-refractivity contribution in [3.05, 3.63) is 0 Å². The number of alkyl halides is 9. The van der Waals surface area contributed by atoms with Gasteiger partial charge in [-0.1, -0.05) is 144 Å². The minimum Gasteiger partial charge on any atom is -0.251 e. The third kappa shape index (κ3) is 75.4. The Morgan fingerprint density at radius 3 is 0.644 bits per heavy atom. The Morgan fingerprint density at radius 2 is 0.644 bits per heavy atom. The zero-order chi connectivity index (χ0) is 37.1. The Balaban J connectivity index is -0.0000000593. The van der Waals surface area contributed by atoms with E-state index in [2.05, 4.69) is 41.5 Å². The van der Waals surface area contributed by atoms with Gasteiger partial charge in [-0.05, 0) is 42.9 Å². The van der Waals surface area contributed by atoms with Gasteiger partial charge in [0.05, 0.1) is 19.3 Å². The minimum atomic E-state index is -3.99. The van der Waals surface area contributed by atoms with Gasteiger partial charge in [0.1, 0.15) is 0 Å². The molecule has 0 aromatic rings. The summed E-state index contributed by atoms with van der Waals surface area (Å²) in [6, 6.07) is 0. The quantitative estimate of drug-likeness (QED) is 0.190. The van der Waals surface area contributed by atoms with Crippen LogP contribution < -0.4 is 0 Å². The van der Waals surface area contributed by atoms with Crippen molar-refractivity contribution in [2.75, 3.05) is 13.3 Å². The highest BCUT2D eigenvalue weighted by Crippen LogP contribution is 2.27.